The molecule has 0 spiro atoms. The van der Waals surface area contributed by atoms with E-state index in [1.807, 2.05) is 0 Å². The number of aliphatic hydroxyl groups excluding tert-OH is 1. The lowest BCUT2D eigenvalue weighted by Crippen LogP contribution is -2.34. The lowest BCUT2D eigenvalue weighted by Gasteiger charge is -2.12. The highest BCUT2D eigenvalue weighted by Gasteiger charge is 2.23. The Morgan fingerprint density at radius 2 is 2.56 bits per heavy atom. The molecule has 1 rings (SSSR count). The van der Waals surface area contributed by atoms with Gasteiger partial charge in [0.05, 0.1) is 18.8 Å². The third kappa shape index (κ3) is 1.64. The van der Waals surface area contributed by atoms with Crippen molar-refractivity contribution < 1.29 is 9.84 Å². The smallest absolute Gasteiger partial charge is 0.0727 e. The summed E-state index contributed by atoms with van der Waals surface area (Å²) in [5.41, 5.74) is 0. The van der Waals surface area contributed by atoms with Crippen LogP contribution in [0.15, 0.2) is 0 Å². The first-order valence-electron chi connectivity index (χ1n) is 3.25. The molecular weight excluding hydrogens is 118 g/mol. The van der Waals surface area contributed by atoms with E-state index < -0.39 is 0 Å². The summed E-state index contributed by atoms with van der Waals surface area (Å²) in [6.45, 7) is 1.52. The van der Waals surface area contributed by atoms with Crippen LogP contribution in [-0.4, -0.2) is 37.5 Å². The van der Waals surface area contributed by atoms with Gasteiger partial charge in [0.15, 0.2) is 0 Å². The zero-order chi connectivity index (χ0) is 6.69. The molecule has 1 fully saturated rings. The van der Waals surface area contributed by atoms with Crippen molar-refractivity contribution in [3.05, 3.63) is 0 Å². The monoisotopic (exact) mass is 131 g/mol. The van der Waals surface area contributed by atoms with Gasteiger partial charge in [-0.05, 0) is 13.0 Å². The van der Waals surface area contributed by atoms with Crippen LogP contribution in [0.1, 0.15) is 6.42 Å². The molecular formula is C6H13NO2. The second-order valence-corrected chi connectivity index (χ2v) is 2.37. The van der Waals surface area contributed by atoms with E-state index in [9.17, 15) is 5.11 Å². The summed E-state index contributed by atoms with van der Waals surface area (Å²) in [5, 5.41) is 12.3. The fourth-order valence-corrected chi connectivity index (χ4v) is 1.10. The molecule has 0 aromatic carbocycles. The minimum atomic E-state index is -0.204. The quantitative estimate of drug-likeness (QED) is 0.523. The van der Waals surface area contributed by atoms with Gasteiger partial charge in [0, 0.05) is 7.11 Å². The third-order valence-electron chi connectivity index (χ3n) is 1.66. The SMILES string of the molecule is COCC1NCCC1O. The van der Waals surface area contributed by atoms with Crippen molar-refractivity contribution in [2.75, 3.05) is 20.3 Å². The van der Waals surface area contributed by atoms with E-state index in [0.717, 1.165) is 13.0 Å². The number of aliphatic hydroxyl groups is 1. The zero-order valence-electron chi connectivity index (χ0n) is 5.63. The van der Waals surface area contributed by atoms with Gasteiger partial charge in [0.25, 0.3) is 0 Å². The summed E-state index contributed by atoms with van der Waals surface area (Å²) < 4.78 is 4.87. The first-order valence-corrected chi connectivity index (χ1v) is 3.25. The van der Waals surface area contributed by atoms with Crippen LogP contribution in [0.4, 0.5) is 0 Å². The van der Waals surface area contributed by atoms with E-state index in [0.29, 0.717) is 6.61 Å². The molecule has 1 aliphatic heterocycles. The molecule has 2 N–H and O–H groups in total. The third-order valence-corrected chi connectivity index (χ3v) is 1.66. The van der Waals surface area contributed by atoms with Crippen molar-refractivity contribution >= 4 is 0 Å². The van der Waals surface area contributed by atoms with Gasteiger partial charge in [-0.1, -0.05) is 0 Å². The van der Waals surface area contributed by atoms with Crippen molar-refractivity contribution in [3.8, 4) is 0 Å². The molecule has 1 aliphatic rings. The average molecular weight is 131 g/mol. The standard InChI is InChI=1S/C6H13NO2/c1-9-4-5-6(8)2-3-7-5/h5-8H,2-4H2,1H3. The van der Waals surface area contributed by atoms with E-state index >= 15 is 0 Å². The highest BCUT2D eigenvalue weighted by Crippen LogP contribution is 2.05. The molecule has 1 heterocycles. The average Bonchev–Trinajstić information content (AvgIpc) is 2.18. The Labute approximate surface area is 55.0 Å². The molecule has 0 aromatic heterocycles. The van der Waals surface area contributed by atoms with Crippen molar-refractivity contribution in [1.29, 1.82) is 0 Å². The second kappa shape index (κ2) is 3.15. The molecule has 0 bridgehead atoms. The molecule has 2 unspecified atom stereocenters. The predicted molar refractivity (Wildman–Crippen MR) is 34.3 cm³/mol. The number of nitrogens with one attached hydrogen (secondary N) is 1. The molecule has 2 atom stereocenters. The Morgan fingerprint density at radius 1 is 1.78 bits per heavy atom. The van der Waals surface area contributed by atoms with Crippen molar-refractivity contribution in [1.82, 2.24) is 5.32 Å². The molecule has 3 heteroatoms. The first kappa shape index (κ1) is 6.99. The van der Waals surface area contributed by atoms with Crippen LogP contribution in [0.3, 0.4) is 0 Å². The van der Waals surface area contributed by atoms with E-state index in [4.69, 9.17) is 4.74 Å². The van der Waals surface area contributed by atoms with Gasteiger partial charge in [-0.15, -0.1) is 0 Å². The van der Waals surface area contributed by atoms with Gasteiger partial charge >= 0.3 is 0 Å². The Bertz CT molecular complexity index is 87.1. The lowest BCUT2D eigenvalue weighted by molar-refractivity contribution is 0.0963. The number of methoxy groups -OCH3 is 1. The van der Waals surface area contributed by atoms with Crippen LogP contribution in [-0.2, 0) is 4.74 Å². The van der Waals surface area contributed by atoms with Crippen LogP contribution in [0.2, 0.25) is 0 Å². The number of hydrogen-bond acceptors (Lipinski definition) is 3. The van der Waals surface area contributed by atoms with Crippen LogP contribution in [0, 0.1) is 0 Å². The normalized spacial score (nSPS) is 35.3. The lowest BCUT2D eigenvalue weighted by atomic mass is 10.2. The Hall–Kier alpha value is -0.120. The molecule has 3 nitrogen and oxygen atoms in total. The maximum absolute atomic E-state index is 9.18. The highest BCUT2D eigenvalue weighted by molar-refractivity contribution is 4.82. The minimum Gasteiger partial charge on any atom is -0.391 e. The fraction of sp³-hybridized carbons (Fsp3) is 1.00. The van der Waals surface area contributed by atoms with Gasteiger partial charge in [-0.3, -0.25) is 0 Å². The molecule has 0 aromatic rings. The van der Waals surface area contributed by atoms with Gasteiger partial charge in [0.2, 0.25) is 0 Å². The Kier molecular flexibility index (Phi) is 2.45. The molecule has 1 saturated heterocycles. The number of ether oxygens (including phenoxy) is 1. The summed E-state index contributed by atoms with van der Waals surface area (Å²) in [5.74, 6) is 0. The summed E-state index contributed by atoms with van der Waals surface area (Å²) in [4.78, 5) is 0. The minimum absolute atomic E-state index is 0.162. The van der Waals surface area contributed by atoms with Crippen LogP contribution in [0.25, 0.3) is 0 Å². The van der Waals surface area contributed by atoms with E-state index in [2.05, 4.69) is 5.32 Å². The summed E-state index contributed by atoms with van der Waals surface area (Å²) in [7, 11) is 1.65. The van der Waals surface area contributed by atoms with E-state index in [1.54, 1.807) is 7.11 Å². The molecule has 0 amide bonds. The van der Waals surface area contributed by atoms with Gasteiger partial charge in [-0.25, -0.2) is 0 Å². The van der Waals surface area contributed by atoms with Crippen LogP contribution >= 0.6 is 0 Å². The maximum atomic E-state index is 9.18. The van der Waals surface area contributed by atoms with Gasteiger partial charge in [-0.2, -0.15) is 0 Å². The summed E-state index contributed by atoms with van der Waals surface area (Å²) >= 11 is 0. The predicted octanol–water partition coefficient (Wildman–Crippen LogP) is -0.644. The Morgan fingerprint density at radius 3 is 3.00 bits per heavy atom. The van der Waals surface area contributed by atoms with Crippen molar-refractivity contribution in [3.63, 3.8) is 0 Å². The topological polar surface area (TPSA) is 41.5 Å². The molecule has 9 heavy (non-hydrogen) atoms. The van der Waals surface area contributed by atoms with Crippen molar-refractivity contribution in [2.24, 2.45) is 0 Å². The van der Waals surface area contributed by atoms with Crippen molar-refractivity contribution in [2.45, 2.75) is 18.6 Å². The zero-order valence-corrected chi connectivity index (χ0v) is 5.63. The molecule has 0 aliphatic carbocycles. The largest absolute Gasteiger partial charge is 0.391 e. The second-order valence-electron chi connectivity index (χ2n) is 2.37. The number of hydrogen-bond donors (Lipinski definition) is 2. The van der Waals surface area contributed by atoms with Crippen LogP contribution < -0.4 is 5.32 Å². The molecule has 0 saturated carbocycles. The highest BCUT2D eigenvalue weighted by atomic mass is 16.5. The summed E-state index contributed by atoms with van der Waals surface area (Å²) in [6.07, 6.45) is 0.651. The first-order chi connectivity index (χ1) is 4.34. The number of rotatable bonds is 2. The van der Waals surface area contributed by atoms with Crippen LogP contribution in [0.5, 0.6) is 0 Å². The van der Waals surface area contributed by atoms with Gasteiger partial charge in [0.1, 0.15) is 0 Å². The molecule has 0 radical (unpaired) electrons. The van der Waals surface area contributed by atoms with E-state index in [-0.39, 0.29) is 12.1 Å². The van der Waals surface area contributed by atoms with E-state index in [1.165, 1.54) is 0 Å². The maximum Gasteiger partial charge on any atom is 0.0727 e. The summed E-state index contributed by atoms with van der Waals surface area (Å²) in [6, 6.07) is 0.162. The van der Waals surface area contributed by atoms with Gasteiger partial charge < -0.3 is 15.2 Å². The Balaban J connectivity index is 2.22. The fourth-order valence-electron chi connectivity index (χ4n) is 1.10. The molecule has 54 valence electrons.